The molecule has 0 aromatic carbocycles. The lowest BCUT2D eigenvalue weighted by molar-refractivity contribution is -0.151. The van der Waals surface area contributed by atoms with Gasteiger partial charge >= 0.3 is 11.9 Å². The molecule has 0 aromatic heterocycles. The van der Waals surface area contributed by atoms with Crippen molar-refractivity contribution in [3.05, 3.63) is 260 Å². The van der Waals surface area contributed by atoms with E-state index in [1.165, 1.54) is 69.6 Å². The van der Waals surface area contributed by atoms with Gasteiger partial charge in [-0.15, -0.1) is 0 Å². The van der Waals surface area contributed by atoms with E-state index in [1.54, 1.807) is 0 Å². The smallest absolute Gasteiger partial charge is 0.306 e. The highest BCUT2D eigenvalue weighted by molar-refractivity contribution is 5.81. The number of aliphatic hydroxyl groups is 2. The van der Waals surface area contributed by atoms with Gasteiger partial charge in [0.15, 0.2) is 0 Å². The molecule has 0 bridgehead atoms. The third kappa shape index (κ3) is 32.4. The topological polar surface area (TPSA) is 127 Å². The second-order valence-electron chi connectivity index (χ2n) is 30.8. The molecule has 2 N–H and O–H groups in total. The van der Waals surface area contributed by atoms with Crippen LogP contribution in [0.1, 0.15) is 217 Å². The number of carbonyl (C=O) groups excluding carboxylic acids is 4. The number of allylic oxidation sites excluding steroid dienone is 40. The minimum absolute atomic E-state index is 0.00112. The zero-order chi connectivity index (χ0) is 73.6. The van der Waals surface area contributed by atoms with Gasteiger partial charge in [-0.1, -0.05) is 298 Å². The molecule has 0 aliphatic heterocycles. The molecule has 4 aliphatic carbocycles. The summed E-state index contributed by atoms with van der Waals surface area (Å²) in [5, 5.41) is 20.2. The van der Waals surface area contributed by atoms with E-state index < -0.39 is 0 Å². The summed E-state index contributed by atoms with van der Waals surface area (Å²) in [4.78, 5) is 46.8. The van der Waals surface area contributed by atoms with Crippen molar-refractivity contribution < 1.29 is 38.9 Å². The van der Waals surface area contributed by atoms with E-state index in [-0.39, 0.29) is 101 Å². The van der Waals surface area contributed by atoms with Crippen LogP contribution in [0.4, 0.5) is 0 Å². The van der Waals surface area contributed by atoms with Crippen molar-refractivity contribution >= 4 is 23.5 Å². The Labute approximate surface area is 593 Å². The number of rotatable bonds is 28. The van der Waals surface area contributed by atoms with Crippen LogP contribution in [0.5, 0.6) is 0 Å². The Morgan fingerprint density at radius 1 is 0.408 bits per heavy atom. The van der Waals surface area contributed by atoms with E-state index in [9.17, 15) is 29.4 Å². The number of hydrogen-bond donors (Lipinski definition) is 2. The summed E-state index contributed by atoms with van der Waals surface area (Å²) in [7, 11) is 0. The molecule has 0 aromatic rings. The molecule has 8 nitrogen and oxygen atoms in total. The van der Waals surface area contributed by atoms with Crippen LogP contribution in [0, 0.1) is 33.5 Å². The maximum Gasteiger partial charge on any atom is 0.306 e. The molecule has 98 heavy (non-hydrogen) atoms. The number of esters is 2. The van der Waals surface area contributed by atoms with Crippen LogP contribution >= 0.6 is 0 Å². The van der Waals surface area contributed by atoms with Crippen molar-refractivity contribution in [1.29, 1.82) is 0 Å². The fourth-order valence-electron chi connectivity index (χ4n) is 13.4. The van der Waals surface area contributed by atoms with Gasteiger partial charge in [-0.3, -0.25) is 9.59 Å². The standard InChI is InChI=1S/C50H68O6.C40H56O2/c1-35(19-15-21-37(3)23-27-45-39(5)31-43(33-49(45,9)10)55-47(53)29-25-41(7)51)17-13-14-18-36(2)20-16-22-38(4)24-28-46-40(6)32-44(34-50(46,11)12)56-48(54)30-26-42(8)52;1-29(17-13-19-31(3)21-23-37-33(5)25-35(41)27-39(37,7)8)15-11-12-16-30(2)18-14-20-32(4)22-24-38-34(6)26-36(42)28-40(38,9)10/h13-24,27-28,31,43-45H,25-26,29-30,32-34H2,1-12H3;11-25,35-37,41-42H,26-28H2,1-10H3/b14-13+,19-15+,20-16+,27-23+,28-24+,35-17+,36-18+,37-21+,38-22+;12-11+,17-13+,18-14+,23-21+,24-22+,29-15+,30-16+,31-19+,32-20+. The van der Waals surface area contributed by atoms with Gasteiger partial charge in [0.05, 0.1) is 25.0 Å². The van der Waals surface area contributed by atoms with Gasteiger partial charge in [0.25, 0.3) is 0 Å². The lowest BCUT2D eigenvalue weighted by atomic mass is 9.67. The normalized spacial score (nSPS) is 24.2. The van der Waals surface area contributed by atoms with Crippen LogP contribution < -0.4 is 0 Å². The molecule has 6 unspecified atom stereocenters. The van der Waals surface area contributed by atoms with Crippen molar-refractivity contribution in [3.8, 4) is 0 Å². The molecule has 0 spiro atoms. The summed E-state index contributed by atoms with van der Waals surface area (Å²) in [6.07, 6.45) is 67.9. The first-order valence-corrected chi connectivity index (χ1v) is 35.5. The van der Waals surface area contributed by atoms with Crippen molar-refractivity contribution in [3.63, 3.8) is 0 Å². The van der Waals surface area contributed by atoms with E-state index >= 15 is 0 Å². The lowest BCUT2D eigenvalue weighted by Crippen LogP contribution is -2.35. The molecule has 0 saturated carbocycles. The van der Waals surface area contributed by atoms with Gasteiger partial charge in [-0.25, -0.2) is 0 Å². The van der Waals surface area contributed by atoms with Gasteiger partial charge in [0.1, 0.15) is 23.8 Å². The summed E-state index contributed by atoms with van der Waals surface area (Å²) >= 11 is 0. The van der Waals surface area contributed by atoms with Crippen LogP contribution in [0.3, 0.4) is 0 Å². The predicted molar refractivity (Wildman–Crippen MR) is 416 cm³/mol. The average Bonchev–Trinajstić information content (AvgIpc) is 0.827. The Hall–Kier alpha value is -7.52. The van der Waals surface area contributed by atoms with Crippen LogP contribution in [-0.2, 0) is 28.7 Å². The summed E-state index contributed by atoms with van der Waals surface area (Å²) in [6, 6.07) is 0. The van der Waals surface area contributed by atoms with Crippen molar-refractivity contribution in [2.24, 2.45) is 33.5 Å². The number of carbonyl (C=O) groups is 4. The molecular weight excluding hydrogens is 1210 g/mol. The third-order valence-electron chi connectivity index (χ3n) is 18.6. The third-order valence-corrected chi connectivity index (χ3v) is 18.6. The van der Waals surface area contributed by atoms with Crippen molar-refractivity contribution in [1.82, 2.24) is 0 Å². The Balaban J connectivity index is 0.000000531. The van der Waals surface area contributed by atoms with E-state index in [2.05, 4.69) is 303 Å². The van der Waals surface area contributed by atoms with E-state index in [4.69, 9.17) is 9.47 Å². The first-order valence-electron chi connectivity index (χ1n) is 35.5. The van der Waals surface area contributed by atoms with Crippen LogP contribution in [0.25, 0.3) is 0 Å². The Kier molecular flexibility index (Phi) is 35.6. The van der Waals surface area contributed by atoms with E-state index in [1.807, 2.05) is 18.2 Å². The summed E-state index contributed by atoms with van der Waals surface area (Å²) in [5.41, 5.74) is 16.8. The first kappa shape index (κ1) is 84.7. The number of aliphatic hydroxyl groups excluding tert-OH is 2. The van der Waals surface area contributed by atoms with E-state index in [0.717, 1.165) is 54.4 Å². The molecule has 4 aliphatic rings. The van der Waals surface area contributed by atoms with Crippen LogP contribution in [-0.4, -0.2) is 58.1 Å². The van der Waals surface area contributed by atoms with Gasteiger partial charge in [0, 0.05) is 31.1 Å². The zero-order valence-electron chi connectivity index (χ0n) is 64.2. The second kappa shape index (κ2) is 41.1. The Morgan fingerprint density at radius 3 is 1.11 bits per heavy atom. The maximum atomic E-state index is 12.2. The first-order chi connectivity index (χ1) is 45.8. The molecular formula is C90H124O8. The average molecular weight is 1330 g/mol. The molecule has 0 fully saturated rings. The SMILES string of the molecule is CC(=O)CCC(=O)OC1C=C(C)C(/C=C/C(C)=C/C=C/C(C)=C/C=C/C=C(C)/C=C/C=C(C)/C=C/C2=C(C)CC(OC(=O)CCC(C)=O)CC2(C)C)C(C)(C)C1.CC1=CC(O)CC(C)(C)C1/C=C/C(C)=C/C=C/C(C)=C/C=C/C=C(C)/C=C/C=C(C)/C=C/C1=C(C)CC(O)CC1(C)C. The number of ketones is 2. The molecule has 6 atom stereocenters. The number of hydrogen-bond acceptors (Lipinski definition) is 8. The van der Waals surface area contributed by atoms with Crippen molar-refractivity contribution in [2.75, 3.05) is 0 Å². The van der Waals surface area contributed by atoms with Crippen LogP contribution in [0.15, 0.2) is 260 Å². The molecule has 0 heterocycles. The molecule has 0 saturated heterocycles. The Morgan fingerprint density at radius 2 is 0.745 bits per heavy atom. The summed E-state index contributed by atoms with van der Waals surface area (Å²) in [6.45, 7) is 46.0. The van der Waals surface area contributed by atoms with Crippen LogP contribution in [0.2, 0.25) is 0 Å². The Bertz CT molecular complexity index is 3500. The van der Waals surface area contributed by atoms with Gasteiger partial charge in [-0.2, -0.15) is 0 Å². The highest BCUT2D eigenvalue weighted by Crippen LogP contribution is 2.45. The monoisotopic (exact) mass is 1330 g/mol. The minimum Gasteiger partial charge on any atom is -0.462 e. The predicted octanol–water partition coefficient (Wildman–Crippen LogP) is 22.6. The fourth-order valence-corrected chi connectivity index (χ4v) is 13.4. The molecule has 0 amide bonds. The number of ether oxygens (including phenoxy) is 2. The summed E-state index contributed by atoms with van der Waals surface area (Å²) in [5.74, 6) is -0.0276. The number of Topliss-reactive ketones (excluding diaryl/α,β-unsaturated/α-hetero) is 2. The maximum absolute atomic E-state index is 12.2. The molecule has 8 heteroatoms. The largest absolute Gasteiger partial charge is 0.462 e. The van der Waals surface area contributed by atoms with Gasteiger partial charge < -0.3 is 29.3 Å². The lowest BCUT2D eigenvalue weighted by Gasteiger charge is -2.40. The summed E-state index contributed by atoms with van der Waals surface area (Å²) < 4.78 is 11.4. The highest BCUT2D eigenvalue weighted by Gasteiger charge is 2.38. The molecule has 532 valence electrons. The minimum atomic E-state index is -0.331. The second-order valence-corrected chi connectivity index (χ2v) is 30.8. The van der Waals surface area contributed by atoms with Crippen molar-refractivity contribution in [2.45, 2.75) is 241 Å². The zero-order valence-corrected chi connectivity index (χ0v) is 64.2. The highest BCUT2D eigenvalue weighted by atomic mass is 16.5. The molecule has 0 radical (unpaired) electrons. The molecule has 4 rings (SSSR count). The van der Waals surface area contributed by atoms with Gasteiger partial charge in [0.2, 0.25) is 0 Å². The van der Waals surface area contributed by atoms with E-state index in [0.29, 0.717) is 12.3 Å². The quantitative estimate of drug-likeness (QED) is 0.0451. The fraction of sp³-hybridized carbons (Fsp3) is 0.467. The van der Waals surface area contributed by atoms with Gasteiger partial charge in [-0.05, 0) is 168 Å².